The van der Waals surface area contributed by atoms with Gasteiger partial charge in [0.2, 0.25) is 11.5 Å². The molecular formula is C15H16F5NO2S. The van der Waals surface area contributed by atoms with Crippen molar-refractivity contribution in [2.45, 2.75) is 49.8 Å². The number of rotatable bonds is 3. The Morgan fingerprint density at radius 2 is 1.83 bits per heavy atom. The van der Waals surface area contributed by atoms with Crippen LogP contribution < -0.4 is 4.72 Å². The minimum atomic E-state index is -5.16. The number of ketones is 1. The highest BCUT2D eigenvalue weighted by Gasteiger charge is 2.62. The van der Waals surface area contributed by atoms with Crippen LogP contribution in [0.1, 0.15) is 36.7 Å². The maximum atomic E-state index is 15.2. The van der Waals surface area contributed by atoms with Crippen molar-refractivity contribution >= 4 is 16.8 Å². The zero-order valence-corrected chi connectivity index (χ0v) is 13.9. The Kier molecular flexibility index (Phi) is 4.64. The van der Waals surface area contributed by atoms with Crippen LogP contribution in [-0.4, -0.2) is 32.6 Å². The van der Waals surface area contributed by atoms with E-state index in [9.17, 15) is 26.6 Å². The molecule has 9 heteroatoms. The molecule has 3 atom stereocenters. The third-order valence-electron chi connectivity index (χ3n) is 3.70. The number of hydrogen-bond donors (Lipinski definition) is 1. The molecule has 1 aromatic carbocycles. The first-order valence-corrected chi connectivity index (χ1v) is 8.18. The summed E-state index contributed by atoms with van der Waals surface area (Å²) in [6.45, 7) is 4.24. The fourth-order valence-electron chi connectivity index (χ4n) is 2.45. The summed E-state index contributed by atoms with van der Waals surface area (Å²) in [5, 5.41) is 0. The fraction of sp³-hybridized carbons (Fsp3) is 0.533. The molecule has 0 fully saturated rings. The minimum Gasteiger partial charge on any atom is -0.290 e. The number of nitrogens with one attached hydrogen (secondary N) is 1. The number of halogens is 5. The molecule has 1 aliphatic rings. The topological polar surface area (TPSA) is 46.2 Å². The maximum absolute atomic E-state index is 15.2. The first kappa shape index (κ1) is 19.0. The molecule has 0 saturated heterocycles. The average Bonchev–Trinajstić information content (AvgIpc) is 2.65. The van der Waals surface area contributed by atoms with Crippen LogP contribution in [0.25, 0.3) is 0 Å². The van der Waals surface area contributed by atoms with Crippen molar-refractivity contribution < 1.29 is 31.0 Å². The molecule has 2 rings (SSSR count). The molecule has 3 nitrogen and oxygen atoms in total. The van der Waals surface area contributed by atoms with E-state index in [1.165, 1.54) is 20.8 Å². The van der Waals surface area contributed by atoms with E-state index < -0.39 is 51.6 Å². The van der Waals surface area contributed by atoms with Crippen molar-refractivity contribution in [3.05, 3.63) is 35.1 Å². The molecule has 1 unspecified atom stereocenters. The van der Waals surface area contributed by atoms with E-state index in [2.05, 4.69) is 0 Å². The second kappa shape index (κ2) is 5.87. The second-order valence-electron chi connectivity index (χ2n) is 6.64. The Hall–Kier alpha value is -1.35. The van der Waals surface area contributed by atoms with E-state index >= 15 is 4.39 Å². The highest BCUT2D eigenvalue weighted by molar-refractivity contribution is 7.84. The second-order valence-corrected chi connectivity index (χ2v) is 8.64. The van der Waals surface area contributed by atoms with Gasteiger partial charge in [-0.3, -0.25) is 4.79 Å². The van der Waals surface area contributed by atoms with Crippen LogP contribution in [0, 0.1) is 5.82 Å². The quantitative estimate of drug-likeness (QED) is 0.832. The molecule has 1 N–H and O–H groups in total. The zero-order chi connectivity index (χ0) is 18.5. The van der Waals surface area contributed by atoms with Crippen molar-refractivity contribution in [2.75, 3.05) is 0 Å². The predicted octanol–water partition coefficient (Wildman–Crippen LogP) is 3.26. The van der Waals surface area contributed by atoms with Gasteiger partial charge in [-0.1, -0.05) is 0 Å². The number of alkyl halides is 4. The van der Waals surface area contributed by atoms with Gasteiger partial charge in [-0.15, -0.1) is 0 Å². The minimum absolute atomic E-state index is 0.139. The average molecular weight is 369 g/mol. The molecule has 0 aliphatic heterocycles. The van der Waals surface area contributed by atoms with Gasteiger partial charge in [-0.25, -0.2) is 17.7 Å². The Morgan fingerprint density at radius 1 is 1.25 bits per heavy atom. The van der Waals surface area contributed by atoms with Gasteiger partial charge in [-0.05, 0) is 44.5 Å². The lowest BCUT2D eigenvalue weighted by atomic mass is 9.92. The summed E-state index contributed by atoms with van der Waals surface area (Å²) in [5.41, 5.74) is -3.81. The van der Waals surface area contributed by atoms with Crippen molar-refractivity contribution in [3.63, 3.8) is 0 Å². The van der Waals surface area contributed by atoms with Crippen molar-refractivity contribution in [1.82, 2.24) is 4.72 Å². The van der Waals surface area contributed by atoms with Gasteiger partial charge in [-0.2, -0.15) is 13.2 Å². The molecule has 0 bridgehead atoms. The maximum Gasteiger partial charge on any atom is 0.408 e. The molecular weight excluding hydrogens is 353 g/mol. The van der Waals surface area contributed by atoms with Gasteiger partial charge >= 0.3 is 6.18 Å². The lowest BCUT2D eigenvalue weighted by molar-refractivity contribution is -0.174. The Morgan fingerprint density at radius 3 is 2.33 bits per heavy atom. The summed E-state index contributed by atoms with van der Waals surface area (Å²) in [6, 6.07) is -0.287. The fourth-order valence-corrected chi connectivity index (χ4v) is 3.34. The number of Topliss-reactive ketones (excluding diaryl/α,β-unsaturated/α-hetero) is 1. The summed E-state index contributed by atoms with van der Waals surface area (Å²) < 4.78 is 81.1. The predicted molar refractivity (Wildman–Crippen MR) is 79.1 cm³/mol. The van der Waals surface area contributed by atoms with E-state index in [0.717, 1.165) is 18.2 Å². The van der Waals surface area contributed by atoms with Crippen molar-refractivity contribution in [3.8, 4) is 0 Å². The summed E-state index contributed by atoms with van der Waals surface area (Å²) >= 11 is 0. The number of carbonyl (C=O) groups excluding carboxylic acids is 1. The van der Waals surface area contributed by atoms with Crippen LogP contribution in [0.15, 0.2) is 18.2 Å². The summed E-state index contributed by atoms with van der Waals surface area (Å²) in [6.07, 6.45) is -6.09. The Bertz CT molecular complexity index is 698. The van der Waals surface area contributed by atoms with Crippen LogP contribution in [0.2, 0.25) is 0 Å². The lowest BCUT2D eigenvalue weighted by Crippen LogP contribution is -2.61. The Labute approximate surface area is 138 Å². The van der Waals surface area contributed by atoms with E-state index in [-0.39, 0.29) is 11.1 Å². The highest BCUT2D eigenvalue weighted by atomic mass is 32.2. The third kappa shape index (κ3) is 3.37. The number of hydrogen-bond acceptors (Lipinski definition) is 2. The lowest BCUT2D eigenvalue weighted by Gasteiger charge is -2.33. The van der Waals surface area contributed by atoms with E-state index in [0.29, 0.717) is 0 Å². The van der Waals surface area contributed by atoms with Gasteiger partial charge in [0, 0.05) is 12.0 Å². The van der Waals surface area contributed by atoms with Crippen molar-refractivity contribution in [1.29, 1.82) is 0 Å². The summed E-state index contributed by atoms with van der Waals surface area (Å²) in [7, 11) is -2.26. The first-order valence-electron chi connectivity index (χ1n) is 7.04. The summed E-state index contributed by atoms with van der Waals surface area (Å²) in [4.78, 5) is 12.2. The standard InChI is InChI=1S/C15H16F5NO2S/c1-13(2,3)24(23)21-12(15(18,19)20)14(17)7-8-6-9(16)4-5-10(8)11(14)22/h4-6,12,21H,7H2,1-3H3/t12-,14+,24?/m0/s1. The molecule has 0 amide bonds. The molecule has 0 spiro atoms. The molecule has 0 heterocycles. The van der Waals surface area contributed by atoms with E-state index in [1.807, 2.05) is 0 Å². The largest absolute Gasteiger partial charge is 0.408 e. The van der Waals surface area contributed by atoms with E-state index in [4.69, 9.17) is 0 Å². The van der Waals surface area contributed by atoms with Gasteiger partial charge in [0.05, 0.1) is 15.7 Å². The molecule has 0 aromatic heterocycles. The molecule has 1 aromatic rings. The number of fused-ring (bicyclic) bond motifs is 1. The number of carbonyl (C=O) groups is 1. The van der Waals surface area contributed by atoms with Crippen LogP contribution in [0.5, 0.6) is 0 Å². The summed E-state index contributed by atoms with van der Waals surface area (Å²) in [5.74, 6) is -2.17. The molecule has 0 radical (unpaired) electrons. The van der Waals surface area contributed by atoms with Gasteiger partial charge in [0.25, 0.3) is 0 Å². The molecule has 0 saturated carbocycles. The zero-order valence-electron chi connectivity index (χ0n) is 13.1. The van der Waals surface area contributed by atoms with Crippen LogP contribution in [-0.2, 0) is 17.4 Å². The number of benzene rings is 1. The Balaban J connectivity index is 2.44. The molecule has 24 heavy (non-hydrogen) atoms. The van der Waals surface area contributed by atoms with Gasteiger partial charge in [0.1, 0.15) is 5.82 Å². The molecule has 1 aliphatic carbocycles. The highest BCUT2D eigenvalue weighted by Crippen LogP contribution is 2.42. The SMILES string of the molecule is CC(C)(C)S(=O)N[C@H](C(F)(F)F)[C@@]1(F)Cc2cc(F)ccc2C1=O. The van der Waals surface area contributed by atoms with Crippen molar-refractivity contribution in [2.24, 2.45) is 0 Å². The third-order valence-corrected chi connectivity index (χ3v) is 5.27. The monoisotopic (exact) mass is 369 g/mol. The van der Waals surface area contributed by atoms with Crippen LogP contribution in [0.4, 0.5) is 22.0 Å². The normalized spacial score (nSPS) is 23.9. The van der Waals surface area contributed by atoms with E-state index in [1.54, 1.807) is 4.72 Å². The smallest absolute Gasteiger partial charge is 0.290 e. The molecule has 134 valence electrons. The first-order chi connectivity index (χ1) is 10.8. The van der Waals surface area contributed by atoms with Gasteiger partial charge in [0.15, 0.2) is 6.04 Å². The van der Waals surface area contributed by atoms with Gasteiger partial charge < -0.3 is 0 Å². The van der Waals surface area contributed by atoms with Crippen LogP contribution >= 0.6 is 0 Å². The van der Waals surface area contributed by atoms with Crippen LogP contribution in [0.3, 0.4) is 0 Å².